The Labute approximate surface area is 54.9 Å². The van der Waals surface area contributed by atoms with Gasteiger partial charge >= 0.3 is 0 Å². The molecule has 0 rings (SSSR count). The minimum atomic E-state index is -0.378. The van der Waals surface area contributed by atoms with Crippen molar-refractivity contribution in [2.24, 2.45) is 5.73 Å². The number of aliphatic hydroxyl groups excluding tert-OH is 1. The van der Waals surface area contributed by atoms with Gasteiger partial charge in [-0.05, 0) is 19.8 Å². The molecule has 0 aromatic carbocycles. The van der Waals surface area contributed by atoms with E-state index in [2.05, 4.69) is 0 Å². The van der Waals surface area contributed by atoms with Crippen LogP contribution < -0.4 is 5.73 Å². The summed E-state index contributed by atoms with van der Waals surface area (Å²) in [7, 11) is 0. The van der Waals surface area contributed by atoms with Crippen molar-refractivity contribution in [3.05, 3.63) is 0 Å². The topological polar surface area (TPSA) is 63.3 Å². The molecule has 0 saturated heterocycles. The highest BCUT2D eigenvalue weighted by Gasteiger charge is 2.05. The van der Waals surface area contributed by atoms with Crippen LogP contribution >= 0.6 is 0 Å². The number of nitrogens with two attached hydrogens (primary N) is 1. The lowest BCUT2D eigenvalue weighted by Gasteiger charge is -2.03. The summed E-state index contributed by atoms with van der Waals surface area (Å²) in [4.78, 5) is 10.4. The Bertz CT molecular complexity index is 93.1. The van der Waals surface area contributed by atoms with Crippen LogP contribution in [0.4, 0.5) is 0 Å². The Morgan fingerprint density at radius 2 is 2.33 bits per heavy atom. The lowest BCUT2D eigenvalue weighted by molar-refractivity contribution is -0.118. The van der Waals surface area contributed by atoms with Crippen LogP contribution in [0.15, 0.2) is 0 Å². The molecule has 0 aromatic rings. The standard InChI is InChI=1S/C6H13NO2/c1-5(9)6(7)3-2-4-8/h6,8H,2-4,7H2,1H3/t6-/m0/s1. The molecule has 0 amide bonds. The number of ketones is 1. The molecule has 0 aromatic heterocycles. The van der Waals surface area contributed by atoms with Crippen LogP contribution in [0.5, 0.6) is 0 Å². The third kappa shape index (κ3) is 4.12. The summed E-state index contributed by atoms with van der Waals surface area (Å²) >= 11 is 0. The Hall–Kier alpha value is -0.410. The van der Waals surface area contributed by atoms with E-state index in [1.165, 1.54) is 6.92 Å². The molecule has 54 valence electrons. The van der Waals surface area contributed by atoms with E-state index in [0.29, 0.717) is 12.8 Å². The van der Waals surface area contributed by atoms with Crippen molar-refractivity contribution < 1.29 is 9.90 Å². The van der Waals surface area contributed by atoms with Gasteiger partial charge in [0.1, 0.15) is 5.78 Å². The van der Waals surface area contributed by atoms with E-state index in [-0.39, 0.29) is 18.4 Å². The molecule has 3 N–H and O–H groups in total. The maximum Gasteiger partial charge on any atom is 0.146 e. The quantitative estimate of drug-likeness (QED) is 0.549. The van der Waals surface area contributed by atoms with E-state index in [4.69, 9.17) is 10.8 Å². The maximum atomic E-state index is 10.4. The van der Waals surface area contributed by atoms with Gasteiger partial charge in [0.25, 0.3) is 0 Å². The predicted octanol–water partition coefficient (Wildman–Crippen LogP) is -0.325. The van der Waals surface area contributed by atoms with Gasteiger partial charge in [-0.2, -0.15) is 0 Å². The van der Waals surface area contributed by atoms with Crippen LogP contribution in [0.3, 0.4) is 0 Å². The largest absolute Gasteiger partial charge is 0.396 e. The van der Waals surface area contributed by atoms with Crippen LogP contribution in [0.2, 0.25) is 0 Å². The monoisotopic (exact) mass is 131 g/mol. The number of hydrogen-bond donors (Lipinski definition) is 2. The smallest absolute Gasteiger partial charge is 0.146 e. The first-order valence-electron chi connectivity index (χ1n) is 3.05. The highest BCUT2D eigenvalue weighted by molar-refractivity contribution is 5.80. The summed E-state index contributed by atoms with van der Waals surface area (Å²) in [6, 6.07) is -0.378. The van der Waals surface area contributed by atoms with Gasteiger partial charge in [-0.15, -0.1) is 0 Å². The average molecular weight is 131 g/mol. The van der Waals surface area contributed by atoms with E-state index in [1.807, 2.05) is 0 Å². The first-order chi connectivity index (χ1) is 4.18. The van der Waals surface area contributed by atoms with Crippen molar-refractivity contribution >= 4 is 5.78 Å². The zero-order valence-corrected chi connectivity index (χ0v) is 5.63. The maximum absolute atomic E-state index is 10.4. The van der Waals surface area contributed by atoms with Gasteiger partial charge in [0, 0.05) is 6.61 Å². The van der Waals surface area contributed by atoms with Gasteiger partial charge in [-0.1, -0.05) is 0 Å². The lowest BCUT2D eigenvalue weighted by atomic mass is 10.1. The summed E-state index contributed by atoms with van der Waals surface area (Å²) < 4.78 is 0. The Balaban J connectivity index is 3.27. The highest BCUT2D eigenvalue weighted by Crippen LogP contribution is 1.93. The Morgan fingerprint density at radius 3 is 2.67 bits per heavy atom. The fourth-order valence-electron chi connectivity index (χ4n) is 0.514. The average Bonchev–Trinajstić information content (AvgIpc) is 1.82. The van der Waals surface area contributed by atoms with Crippen molar-refractivity contribution in [1.82, 2.24) is 0 Å². The molecule has 1 atom stereocenters. The first kappa shape index (κ1) is 8.59. The zero-order chi connectivity index (χ0) is 7.28. The van der Waals surface area contributed by atoms with E-state index in [1.54, 1.807) is 0 Å². The Kier molecular flexibility index (Phi) is 4.26. The fraction of sp³-hybridized carbons (Fsp3) is 0.833. The molecule has 3 heteroatoms. The third-order valence-electron chi connectivity index (χ3n) is 1.20. The van der Waals surface area contributed by atoms with Gasteiger partial charge < -0.3 is 10.8 Å². The number of aliphatic hydroxyl groups is 1. The molecule has 0 saturated carbocycles. The van der Waals surface area contributed by atoms with Crippen molar-refractivity contribution in [2.45, 2.75) is 25.8 Å². The molecule has 0 spiro atoms. The molecule has 0 bridgehead atoms. The lowest BCUT2D eigenvalue weighted by Crippen LogP contribution is -2.28. The number of carbonyl (C=O) groups excluding carboxylic acids is 1. The summed E-state index contributed by atoms with van der Waals surface area (Å²) in [5, 5.41) is 8.33. The summed E-state index contributed by atoms with van der Waals surface area (Å²) in [6.45, 7) is 1.57. The molecule has 0 unspecified atom stereocenters. The van der Waals surface area contributed by atoms with E-state index in [9.17, 15) is 4.79 Å². The van der Waals surface area contributed by atoms with E-state index >= 15 is 0 Å². The van der Waals surface area contributed by atoms with Crippen LogP contribution in [-0.4, -0.2) is 23.5 Å². The highest BCUT2D eigenvalue weighted by atomic mass is 16.2. The van der Waals surface area contributed by atoms with Crippen molar-refractivity contribution in [2.75, 3.05) is 6.61 Å². The van der Waals surface area contributed by atoms with Crippen LogP contribution in [0, 0.1) is 0 Å². The molecule has 0 aliphatic heterocycles. The molecular weight excluding hydrogens is 118 g/mol. The Morgan fingerprint density at radius 1 is 1.78 bits per heavy atom. The molecule has 0 heterocycles. The van der Waals surface area contributed by atoms with Gasteiger partial charge in [0.15, 0.2) is 0 Å². The number of Topliss-reactive ketones (excluding diaryl/α,β-unsaturated/α-hetero) is 1. The number of rotatable bonds is 4. The molecule has 9 heavy (non-hydrogen) atoms. The molecular formula is C6H13NO2. The van der Waals surface area contributed by atoms with Gasteiger partial charge in [0.05, 0.1) is 6.04 Å². The number of carbonyl (C=O) groups is 1. The first-order valence-corrected chi connectivity index (χ1v) is 3.05. The minimum absolute atomic E-state index is 0.0107. The summed E-state index contributed by atoms with van der Waals surface area (Å²) in [5.74, 6) is -0.0107. The van der Waals surface area contributed by atoms with Crippen molar-refractivity contribution in [3.8, 4) is 0 Å². The van der Waals surface area contributed by atoms with Crippen molar-refractivity contribution in [3.63, 3.8) is 0 Å². The van der Waals surface area contributed by atoms with E-state index < -0.39 is 0 Å². The van der Waals surface area contributed by atoms with Gasteiger partial charge in [-0.3, -0.25) is 4.79 Å². The second kappa shape index (κ2) is 4.47. The molecule has 0 radical (unpaired) electrons. The zero-order valence-electron chi connectivity index (χ0n) is 5.63. The van der Waals surface area contributed by atoms with Crippen LogP contribution in [0.25, 0.3) is 0 Å². The molecule has 0 aliphatic rings. The second-order valence-corrected chi connectivity index (χ2v) is 2.08. The van der Waals surface area contributed by atoms with Gasteiger partial charge in [0.2, 0.25) is 0 Å². The van der Waals surface area contributed by atoms with Crippen molar-refractivity contribution in [1.29, 1.82) is 0 Å². The van der Waals surface area contributed by atoms with Crippen LogP contribution in [0.1, 0.15) is 19.8 Å². The normalized spacial score (nSPS) is 13.2. The third-order valence-corrected chi connectivity index (χ3v) is 1.20. The summed E-state index contributed by atoms with van der Waals surface area (Å²) in [6.07, 6.45) is 1.20. The minimum Gasteiger partial charge on any atom is -0.396 e. The fourth-order valence-corrected chi connectivity index (χ4v) is 0.514. The van der Waals surface area contributed by atoms with Gasteiger partial charge in [-0.25, -0.2) is 0 Å². The predicted molar refractivity (Wildman–Crippen MR) is 35.0 cm³/mol. The number of hydrogen-bond acceptors (Lipinski definition) is 3. The van der Waals surface area contributed by atoms with E-state index in [0.717, 1.165) is 0 Å². The molecule has 3 nitrogen and oxygen atoms in total. The molecule has 0 fully saturated rings. The molecule has 0 aliphatic carbocycles. The summed E-state index contributed by atoms with van der Waals surface area (Å²) in [5.41, 5.74) is 5.34. The second-order valence-electron chi connectivity index (χ2n) is 2.08. The van der Waals surface area contributed by atoms with Crippen LogP contribution in [-0.2, 0) is 4.79 Å². The SMILES string of the molecule is CC(=O)[C@@H](N)CCCO.